The van der Waals surface area contributed by atoms with Crippen LogP contribution in [-0.4, -0.2) is 35.5 Å². The van der Waals surface area contributed by atoms with E-state index >= 15 is 0 Å². The van der Waals surface area contributed by atoms with Crippen LogP contribution in [0.3, 0.4) is 0 Å². The van der Waals surface area contributed by atoms with Gasteiger partial charge in [0.05, 0.1) is 20.4 Å². The van der Waals surface area contributed by atoms with Gasteiger partial charge in [0, 0.05) is 10.9 Å². The zero-order valence-electron chi connectivity index (χ0n) is 14.6. The molecule has 0 radical (unpaired) electrons. The molecule has 8 heteroatoms. The number of para-hydroxylation sites is 1. The number of methoxy groups -OCH3 is 2. The van der Waals surface area contributed by atoms with Crippen LogP contribution in [0.4, 0.5) is 5.82 Å². The van der Waals surface area contributed by atoms with E-state index in [9.17, 15) is 5.11 Å². The molecule has 0 saturated heterocycles. The second-order valence-corrected chi connectivity index (χ2v) is 5.64. The molecule has 2 aromatic heterocycles. The molecule has 0 fully saturated rings. The average Bonchev–Trinajstić information content (AvgIpc) is 3.08. The minimum absolute atomic E-state index is 0.0649. The summed E-state index contributed by atoms with van der Waals surface area (Å²) < 4.78 is 16.1. The lowest BCUT2D eigenvalue weighted by Gasteiger charge is -2.09. The van der Waals surface area contributed by atoms with Crippen molar-refractivity contribution in [3.05, 3.63) is 48.3 Å². The first-order valence-electron chi connectivity index (χ1n) is 8.07. The highest BCUT2D eigenvalue weighted by Gasteiger charge is 2.13. The lowest BCUT2D eigenvalue weighted by atomic mass is 10.2. The van der Waals surface area contributed by atoms with Crippen molar-refractivity contribution >= 4 is 34.1 Å². The SMILES string of the molecule is COc1cc(/C=N/Nc2ncnc3c2oc2ccccc23)cc(OC)c1O. The molecule has 0 bridgehead atoms. The van der Waals surface area contributed by atoms with Gasteiger partial charge in [-0.1, -0.05) is 12.1 Å². The van der Waals surface area contributed by atoms with E-state index in [1.54, 1.807) is 18.3 Å². The number of benzene rings is 2. The largest absolute Gasteiger partial charge is 0.502 e. The fraction of sp³-hybridized carbons (Fsp3) is 0.105. The van der Waals surface area contributed by atoms with E-state index in [0.29, 0.717) is 22.5 Å². The molecule has 0 aliphatic rings. The van der Waals surface area contributed by atoms with Gasteiger partial charge >= 0.3 is 0 Å². The molecule has 136 valence electrons. The number of rotatable bonds is 5. The van der Waals surface area contributed by atoms with Crippen molar-refractivity contribution in [1.29, 1.82) is 0 Å². The number of aromatic hydroxyl groups is 1. The quantitative estimate of drug-likeness (QED) is 0.412. The lowest BCUT2D eigenvalue weighted by Crippen LogP contribution is -1.96. The van der Waals surface area contributed by atoms with Crippen molar-refractivity contribution in [3.63, 3.8) is 0 Å². The summed E-state index contributed by atoms with van der Waals surface area (Å²) in [7, 11) is 2.93. The average molecular weight is 364 g/mol. The van der Waals surface area contributed by atoms with E-state index in [-0.39, 0.29) is 17.2 Å². The van der Waals surface area contributed by atoms with E-state index < -0.39 is 0 Å². The summed E-state index contributed by atoms with van der Waals surface area (Å²) in [6, 6.07) is 10.9. The molecule has 8 nitrogen and oxygen atoms in total. The van der Waals surface area contributed by atoms with Crippen molar-refractivity contribution < 1.29 is 19.0 Å². The zero-order chi connectivity index (χ0) is 18.8. The Kier molecular flexibility index (Phi) is 4.21. The van der Waals surface area contributed by atoms with Crippen LogP contribution in [0.25, 0.3) is 22.1 Å². The first-order chi connectivity index (χ1) is 13.2. The number of hydrogen-bond donors (Lipinski definition) is 2. The number of fused-ring (bicyclic) bond motifs is 3. The number of hydrazone groups is 1. The molecule has 0 saturated carbocycles. The van der Waals surface area contributed by atoms with E-state index in [1.165, 1.54) is 20.5 Å². The summed E-state index contributed by atoms with van der Waals surface area (Å²) in [6.07, 6.45) is 3.01. The third kappa shape index (κ3) is 2.97. The second kappa shape index (κ2) is 6.83. The molecule has 0 spiro atoms. The molecule has 0 aliphatic heterocycles. The van der Waals surface area contributed by atoms with Gasteiger partial charge in [-0.3, -0.25) is 5.43 Å². The number of aromatic nitrogens is 2. The van der Waals surface area contributed by atoms with Crippen LogP contribution in [0.5, 0.6) is 17.2 Å². The second-order valence-electron chi connectivity index (χ2n) is 5.64. The Bertz CT molecular complexity index is 1130. The predicted molar refractivity (Wildman–Crippen MR) is 102 cm³/mol. The number of furan rings is 1. The fourth-order valence-electron chi connectivity index (χ4n) is 2.76. The number of ether oxygens (including phenoxy) is 2. The first-order valence-corrected chi connectivity index (χ1v) is 8.07. The van der Waals surface area contributed by atoms with Crippen molar-refractivity contribution in [1.82, 2.24) is 9.97 Å². The smallest absolute Gasteiger partial charge is 0.200 e. The summed E-state index contributed by atoms with van der Waals surface area (Å²) in [5, 5.41) is 15.1. The van der Waals surface area contributed by atoms with Gasteiger partial charge in [0.1, 0.15) is 17.4 Å². The molecule has 27 heavy (non-hydrogen) atoms. The molecule has 0 unspecified atom stereocenters. The number of hydrogen-bond acceptors (Lipinski definition) is 8. The van der Waals surface area contributed by atoms with Crippen LogP contribution in [0.2, 0.25) is 0 Å². The summed E-state index contributed by atoms with van der Waals surface area (Å²) >= 11 is 0. The Labute approximate surface area is 154 Å². The summed E-state index contributed by atoms with van der Waals surface area (Å²) in [5.41, 5.74) is 5.51. The molecule has 4 aromatic rings. The van der Waals surface area contributed by atoms with E-state index in [2.05, 4.69) is 20.5 Å². The van der Waals surface area contributed by atoms with Gasteiger partial charge in [-0.05, 0) is 24.3 Å². The molecule has 2 N–H and O–H groups in total. The third-order valence-electron chi connectivity index (χ3n) is 4.04. The fourth-order valence-corrected chi connectivity index (χ4v) is 2.76. The van der Waals surface area contributed by atoms with Crippen molar-refractivity contribution in [2.24, 2.45) is 5.10 Å². The van der Waals surface area contributed by atoms with E-state index in [0.717, 1.165) is 11.0 Å². The summed E-state index contributed by atoms with van der Waals surface area (Å²) in [4.78, 5) is 8.49. The van der Waals surface area contributed by atoms with Gasteiger partial charge in [-0.2, -0.15) is 5.10 Å². The van der Waals surface area contributed by atoms with Crippen molar-refractivity contribution in [2.45, 2.75) is 0 Å². The van der Waals surface area contributed by atoms with Gasteiger partial charge in [-0.25, -0.2) is 9.97 Å². The molecule has 0 amide bonds. The minimum atomic E-state index is -0.0649. The van der Waals surface area contributed by atoms with E-state index in [4.69, 9.17) is 13.9 Å². The van der Waals surface area contributed by atoms with E-state index in [1.807, 2.05) is 24.3 Å². The predicted octanol–water partition coefficient (Wildman–Crippen LogP) is 3.54. The van der Waals surface area contributed by atoms with Crippen LogP contribution in [0, 0.1) is 0 Å². The zero-order valence-corrected chi connectivity index (χ0v) is 14.6. The number of nitrogens with one attached hydrogen (secondary N) is 1. The van der Waals surface area contributed by atoms with Crippen LogP contribution >= 0.6 is 0 Å². The van der Waals surface area contributed by atoms with Gasteiger partial charge in [-0.15, -0.1) is 0 Å². The molecule has 2 heterocycles. The maximum Gasteiger partial charge on any atom is 0.200 e. The molecule has 4 rings (SSSR count). The molecular weight excluding hydrogens is 348 g/mol. The Balaban J connectivity index is 1.66. The number of nitrogens with zero attached hydrogens (tertiary/aromatic N) is 3. The van der Waals surface area contributed by atoms with Gasteiger partial charge in [0.25, 0.3) is 0 Å². The number of phenols is 1. The van der Waals surface area contributed by atoms with Crippen molar-refractivity contribution in [3.8, 4) is 17.2 Å². The highest BCUT2D eigenvalue weighted by molar-refractivity contribution is 6.05. The maximum atomic E-state index is 9.96. The highest BCUT2D eigenvalue weighted by Crippen LogP contribution is 2.36. The number of phenolic OH excluding ortho intramolecular Hbond substituents is 1. The van der Waals surface area contributed by atoms with Gasteiger partial charge in [0.15, 0.2) is 22.9 Å². The summed E-state index contributed by atoms with van der Waals surface area (Å²) in [5.74, 6) is 0.963. The lowest BCUT2D eigenvalue weighted by molar-refractivity contribution is 0.340. The monoisotopic (exact) mass is 364 g/mol. The van der Waals surface area contributed by atoms with Crippen LogP contribution in [0.1, 0.15) is 5.56 Å². The van der Waals surface area contributed by atoms with Gasteiger partial charge < -0.3 is 19.0 Å². The molecule has 0 aliphatic carbocycles. The Morgan fingerprint density at radius 1 is 1.11 bits per heavy atom. The van der Waals surface area contributed by atoms with Crippen LogP contribution in [-0.2, 0) is 0 Å². The Hall–Kier alpha value is -3.81. The molecule has 0 atom stereocenters. The van der Waals surface area contributed by atoms with Gasteiger partial charge in [0.2, 0.25) is 5.75 Å². The Morgan fingerprint density at radius 2 is 1.85 bits per heavy atom. The van der Waals surface area contributed by atoms with Crippen LogP contribution in [0.15, 0.2) is 52.2 Å². The third-order valence-corrected chi connectivity index (χ3v) is 4.04. The topological polar surface area (TPSA) is 102 Å². The van der Waals surface area contributed by atoms with Crippen molar-refractivity contribution in [2.75, 3.05) is 19.6 Å². The summed E-state index contributed by atoms with van der Waals surface area (Å²) in [6.45, 7) is 0. The molecule has 2 aromatic carbocycles. The standard InChI is InChI=1S/C19H16N4O4/c1-25-14-7-11(8-15(26-2)17(14)24)9-22-23-19-18-16(20-10-21-19)12-5-3-4-6-13(12)27-18/h3-10,24H,1-2H3,(H,20,21,23)/b22-9+. The highest BCUT2D eigenvalue weighted by atomic mass is 16.5. The molecular formula is C19H16N4O4. The first kappa shape index (κ1) is 16.6. The minimum Gasteiger partial charge on any atom is -0.502 e. The van der Waals surface area contributed by atoms with Crippen LogP contribution < -0.4 is 14.9 Å². The Morgan fingerprint density at radius 3 is 2.59 bits per heavy atom. The normalized spacial score (nSPS) is 11.3. The maximum absolute atomic E-state index is 9.96. The number of anilines is 1.